The van der Waals surface area contributed by atoms with Gasteiger partial charge in [-0.3, -0.25) is 14.4 Å². The molecule has 1 aliphatic rings. The van der Waals surface area contributed by atoms with Crippen LogP contribution in [-0.2, 0) is 16.7 Å². The summed E-state index contributed by atoms with van der Waals surface area (Å²) in [5.74, 6) is 0. The van der Waals surface area contributed by atoms with Gasteiger partial charge in [-0.2, -0.15) is 9.40 Å². The van der Waals surface area contributed by atoms with Crippen LogP contribution in [0.3, 0.4) is 0 Å². The van der Waals surface area contributed by atoms with E-state index in [0.29, 0.717) is 43.3 Å². The third kappa shape index (κ3) is 3.68. The predicted octanol–water partition coefficient (Wildman–Crippen LogP) is 2.01. The number of piperazine rings is 1. The summed E-state index contributed by atoms with van der Waals surface area (Å²) in [4.78, 5) is 14.3. The topological polar surface area (TPSA) is 75.5 Å². The average Bonchev–Trinajstić information content (AvgIpc) is 2.71. The fraction of sp³-hybridized carbons (Fsp3) is 0.263. The fourth-order valence-corrected chi connectivity index (χ4v) is 5.07. The molecule has 2 heterocycles. The molecule has 2 aromatic carbocycles. The van der Waals surface area contributed by atoms with Crippen molar-refractivity contribution in [3.63, 3.8) is 0 Å². The van der Waals surface area contributed by atoms with Crippen molar-refractivity contribution >= 4 is 32.5 Å². The Morgan fingerprint density at radius 1 is 1.00 bits per heavy atom. The second-order valence-corrected chi connectivity index (χ2v) is 9.02. The lowest BCUT2D eigenvalue weighted by Gasteiger charge is -2.34. The minimum absolute atomic E-state index is 0.107. The molecule has 9 heteroatoms. The maximum Gasteiger partial charge on any atom is 0.243 e. The van der Waals surface area contributed by atoms with Gasteiger partial charge in [0.2, 0.25) is 15.5 Å². The van der Waals surface area contributed by atoms with Crippen LogP contribution in [-0.4, -0.2) is 53.6 Å². The van der Waals surface area contributed by atoms with E-state index < -0.39 is 10.0 Å². The van der Waals surface area contributed by atoms with E-state index in [1.54, 1.807) is 28.9 Å². The molecule has 0 bridgehead atoms. The highest BCUT2D eigenvalue weighted by molar-refractivity contribution is 7.89. The van der Waals surface area contributed by atoms with E-state index in [2.05, 4.69) is 10.00 Å². The zero-order valence-electron chi connectivity index (χ0n) is 15.0. The summed E-state index contributed by atoms with van der Waals surface area (Å²) in [6, 6.07) is 13.7. The molecular weight excluding hydrogens is 400 g/mol. The van der Waals surface area contributed by atoms with E-state index in [0.717, 1.165) is 5.52 Å². The van der Waals surface area contributed by atoms with Gasteiger partial charge < -0.3 is 0 Å². The van der Waals surface area contributed by atoms with E-state index in [-0.39, 0.29) is 10.3 Å². The number of aromatic nitrogens is 2. The molecule has 0 radical (unpaired) electrons. The molecule has 28 heavy (non-hydrogen) atoms. The Bertz CT molecular complexity index is 1170. The summed E-state index contributed by atoms with van der Waals surface area (Å²) in [6.45, 7) is 2.40. The molecule has 7 nitrogen and oxygen atoms in total. The lowest BCUT2D eigenvalue weighted by Crippen LogP contribution is -2.49. The lowest BCUT2D eigenvalue weighted by atomic mass is 10.2. The SMILES string of the molecule is O=c1cnn(CN2CCN(S(=O)(=O)c3cccc(Cl)c3)CC2)c2ccccc12. The summed E-state index contributed by atoms with van der Waals surface area (Å²) in [6.07, 6.45) is 1.32. The van der Waals surface area contributed by atoms with Crippen molar-refractivity contribution in [1.29, 1.82) is 0 Å². The van der Waals surface area contributed by atoms with Crippen molar-refractivity contribution in [1.82, 2.24) is 19.0 Å². The molecule has 1 saturated heterocycles. The number of para-hydroxylation sites is 1. The minimum Gasteiger partial charge on any atom is -0.287 e. The molecule has 1 aliphatic heterocycles. The van der Waals surface area contributed by atoms with Gasteiger partial charge in [0.25, 0.3) is 0 Å². The summed E-state index contributed by atoms with van der Waals surface area (Å²) in [7, 11) is -3.56. The smallest absolute Gasteiger partial charge is 0.243 e. The van der Waals surface area contributed by atoms with Crippen LogP contribution in [0.25, 0.3) is 10.9 Å². The molecule has 0 spiro atoms. The van der Waals surface area contributed by atoms with Crippen molar-refractivity contribution in [2.75, 3.05) is 26.2 Å². The number of halogens is 1. The number of nitrogens with zero attached hydrogens (tertiary/aromatic N) is 4. The molecule has 0 amide bonds. The predicted molar refractivity (Wildman–Crippen MR) is 108 cm³/mol. The Labute approximate surface area is 167 Å². The average molecular weight is 419 g/mol. The van der Waals surface area contributed by atoms with Gasteiger partial charge in [-0.05, 0) is 30.3 Å². The standard InChI is InChI=1S/C19H19ClN4O3S/c20-15-4-3-5-16(12-15)28(26,27)23-10-8-22(9-11-23)14-24-18-7-2-1-6-17(18)19(25)13-21-24/h1-7,12-13H,8-11,14H2. The van der Waals surface area contributed by atoms with Crippen molar-refractivity contribution in [3.05, 3.63) is 70.0 Å². The van der Waals surface area contributed by atoms with E-state index in [1.165, 1.54) is 16.6 Å². The molecule has 0 unspecified atom stereocenters. The second kappa shape index (κ2) is 7.63. The van der Waals surface area contributed by atoms with Gasteiger partial charge >= 0.3 is 0 Å². The zero-order chi connectivity index (χ0) is 19.7. The van der Waals surface area contributed by atoms with Crippen LogP contribution >= 0.6 is 11.6 Å². The quantitative estimate of drug-likeness (QED) is 0.648. The summed E-state index contributed by atoms with van der Waals surface area (Å²) >= 11 is 5.94. The second-order valence-electron chi connectivity index (χ2n) is 6.65. The van der Waals surface area contributed by atoms with Crippen LogP contribution in [0, 0.1) is 0 Å². The highest BCUT2D eigenvalue weighted by Gasteiger charge is 2.28. The van der Waals surface area contributed by atoms with E-state index in [9.17, 15) is 13.2 Å². The van der Waals surface area contributed by atoms with Crippen molar-refractivity contribution < 1.29 is 8.42 Å². The summed E-state index contributed by atoms with van der Waals surface area (Å²) in [5.41, 5.74) is 0.660. The monoisotopic (exact) mass is 418 g/mol. The number of rotatable bonds is 4. The number of sulfonamides is 1. The first kappa shape index (κ1) is 19.1. The summed E-state index contributed by atoms with van der Waals surface area (Å²) in [5, 5.41) is 5.27. The van der Waals surface area contributed by atoms with Gasteiger partial charge in [0.1, 0.15) is 0 Å². The van der Waals surface area contributed by atoms with Crippen molar-refractivity contribution in [2.45, 2.75) is 11.6 Å². The Balaban J connectivity index is 1.48. The van der Waals surface area contributed by atoms with Gasteiger partial charge in [0, 0.05) is 36.6 Å². The van der Waals surface area contributed by atoms with Gasteiger partial charge in [-0.1, -0.05) is 29.8 Å². The Hall–Kier alpha value is -2.26. The molecule has 4 rings (SSSR count). The number of benzene rings is 2. The molecule has 0 aliphatic carbocycles. The molecule has 1 aromatic heterocycles. The van der Waals surface area contributed by atoms with Crippen molar-refractivity contribution in [2.24, 2.45) is 0 Å². The van der Waals surface area contributed by atoms with Crippen LogP contribution in [0.15, 0.2) is 64.4 Å². The molecule has 0 atom stereocenters. The van der Waals surface area contributed by atoms with Crippen LogP contribution in [0.1, 0.15) is 0 Å². The molecule has 0 N–H and O–H groups in total. The number of hydrogen-bond donors (Lipinski definition) is 0. The maximum atomic E-state index is 12.8. The Kier molecular flexibility index (Phi) is 5.20. The van der Waals surface area contributed by atoms with Crippen LogP contribution in [0.5, 0.6) is 0 Å². The van der Waals surface area contributed by atoms with Gasteiger partial charge in [0.05, 0.1) is 23.3 Å². The molecule has 3 aromatic rings. The van der Waals surface area contributed by atoms with Gasteiger partial charge in [-0.25, -0.2) is 8.42 Å². The van der Waals surface area contributed by atoms with E-state index in [4.69, 9.17) is 11.6 Å². The first-order valence-corrected chi connectivity index (χ1v) is 10.7. The highest BCUT2D eigenvalue weighted by Crippen LogP contribution is 2.21. The third-order valence-corrected chi connectivity index (χ3v) is 6.99. The highest BCUT2D eigenvalue weighted by atomic mass is 35.5. The summed E-state index contributed by atoms with van der Waals surface area (Å²) < 4.78 is 28.9. The normalized spacial score (nSPS) is 16.5. The third-order valence-electron chi connectivity index (χ3n) is 4.86. The molecule has 146 valence electrons. The molecule has 1 fully saturated rings. The van der Waals surface area contributed by atoms with E-state index in [1.807, 2.05) is 18.2 Å². The number of fused-ring (bicyclic) bond motifs is 1. The van der Waals surface area contributed by atoms with Crippen LogP contribution < -0.4 is 5.43 Å². The Morgan fingerprint density at radius 2 is 1.75 bits per heavy atom. The van der Waals surface area contributed by atoms with Gasteiger partial charge in [0.15, 0.2) is 0 Å². The zero-order valence-corrected chi connectivity index (χ0v) is 16.6. The maximum absolute atomic E-state index is 12.8. The molecular formula is C19H19ClN4O3S. The number of hydrogen-bond acceptors (Lipinski definition) is 5. The first-order valence-electron chi connectivity index (χ1n) is 8.88. The minimum atomic E-state index is -3.56. The largest absolute Gasteiger partial charge is 0.287 e. The van der Waals surface area contributed by atoms with Crippen LogP contribution in [0.4, 0.5) is 0 Å². The van der Waals surface area contributed by atoms with Gasteiger partial charge in [-0.15, -0.1) is 0 Å². The van der Waals surface area contributed by atoms with Crippen molar-refractivity contribution in [3.8, 4) is 0 Å². The fourth-order valence-electron chi connectivity index (χ4n) is 3.35. The van der Waals surface area contributed by atoms with Crippen LogP contribution in [0.2, 0.25) is 5.02 Å². The first-order chi connectivity index (χ1) is 13.4. The van der Waals surface area contributed by atoms with E-state index >= 15 is 0 Å². The Morgan fingerprint density at radius 3 is 2.50 bits per heavy atom. The molecule has 0 saturated carbocycles. The lowest BCUT2D eigenvalue weighted by molar-refractivity contribution is 0.147.